The minimum absolute atomic E-state index is 0.425. The van der Waals surface area contributed by atoms with Gasteiger partial charge >= 0.3 is 0 Å². The Bertz CT molecular complexity index is 198. The number of aromatic nitrogens is 1. The molecule has 1 rings (SSSR count). The Morgan fingerprint density at radius 2 is 2.55 bits per heavy atom. The molecule has 0 amide bonds. The summed E-state index contributed by atoms with van der Waals surface area (Å²) >= 11 is 0. The summed E-state index contributed by atoms with van der Waals surface area (Å²) in [4.78, 5) is 4.02. The molecular formula is C8H13N3. The van der Waals surface area contributed by atoms with Crippen molar-refractivity contribution in [3.8, 4) is 0 Å². The summed E-state index contributed by atoms with van der Waals surface area (Å²) in [7, 11) is 0. The van der Waals surface area contributed by atoms with Crippen LogP contribution in [-0.4, -0.2) is 11.5 Å². The molecule has 0 aliphatic rings. The number of hydrogen-bond acceptors (Lipinski definition) is 3. The van der Waals surface area contributed by atoms with Crippen LogP contribution in [0.2, 0.25) is 0 Å². The maximum Gasteiger partial charge on any atom is 0.0303 e. The Hall–Kier alpha value is -0.930. The van der Waals surface area contributed by atoms with Crippen LogP contribution < -0.4 is 11.3 Å². The molecule has 60 valence electrons. The lowest BCUT2D eigenvalue weighted by atomic mass is 10.0. The number of nitrogens with one attached hydrogen (secondary N) is 1. The molecule has 3 nitrogen and oxygen atoms in total. The van der Waals surface area contributed by atoms with Gasteiger partial charge in [-0.3, -0.25) is 16.3 Å². The number of nitrogens with two attached hydrogens (primary N) is 1. The van der Waals surface area contributed by atoms with Crippen molar-refractivity contribution in [2.24, 2.45) is 5.84 Å². The van der Waals surface area contributed by atoms with E-state index in [1.165, 1.54) is 5.56 Å². The Morgan fingerprint density at radius 1 is 1.73 bits per heavy atom. The van der Waals surface area contributed by atoms with E-state index in [9.17, 15) is 0 Å². The van der Waals surface area contributed by atoms with Crippen LogP contribution >= 0.6 is 0 Å². The van der Waals surface area contributed by atoms with Crippen LogP contribution in [-0.2, 0) is 0 Å². The zero-order valence-electron chi connectivity index (χ0n) is 6.62. The van der Waals surface area contributed by atoms with E-state index in [0.29, 0.717) is 5.92 Å². The number of hydrazine groups is 1. The third-order valence-electron chi connectivity index (χ3n) is 1.68. The second-order valence-electron chi connectivity index (χ2n) is 2.60. The first-order chi connectivity index (χ1) is 5.34. The third-order valence-corrected chi connectivity index (χ3v) is 1.68. The van der Waals surface area contributed by atoms with Gasteiger partial charge in [-0.05, 0) is 17.5 Å². The highest BCUT2D eigenvalue weighted by atomic mass is 15.2. The van der Waals surface area contributed by atoms with E-state index < -0.39 is 0 Å². The molecule has 3 heteroatoms. The summed E-state index contributed by atoms with van der Waals surface area (Å²) in [5.41, 5.74) is 3.85. The minimum Gasteiger partial charge on any atom is -0.271 e. The van der Waals surface area contributed by atoms with E-state index in [1.807, 2.05) is 12.3 Å². The fraction of sp³-hybridized carbons (Fsp3) is 0.375. The SMILES string of the molecule is C[C@@H](CNN)c1cccnc1. The molecule has 0 saturated carbocycles. The largest absolute Gasteiger partial charge is 0.271 e. The predicted octanol–water partition coefficient (Wildman–Crippen LogP) is 0.648. The summed E-state index contributed by atoms with van der Waals surface area (Å²) in [5.74, 6) is 5.62. The summed E-state index contributed by atoms with van der Waals surface area (Å²) in [6, 6.07) is 3.98. The van der Waals surface area contributed by atoms with E-state index in [4.69, 9.17) is 5.84 Å². The Kier molecular flexibility index (Phi) is 3.01. The van der Waals surface area contributed by atoms with Crippen LogP contribution in [0.1, 0.15) is 18.4 Å². The van der Waals surface area contributed by atoms with Crippen molar-refractivity contribution in [1.29, 1.82) is 0 Å². The van der Waals surface area contributed by atoms with Gasteiger partial charge in [0.15, 0.2) is 0 Å². The number of rotatable bonds is 3. The fourth-order valence-electron chi connectivity index (χ4n) is 0.962. The van der Waals surface area contributed by atoms with Crippen LogP contribution in [0.3, 0.4) is 0 Å². The lowest BCUT2D eigenvalue weighted by Crippen LogP contribution is -2.26. The lowest BCUT2D eigenvalue weighted by molar-refractivity contribution is 0.638. The predicted molar refractivity (Wildman–Crippen MR) is 44.8 cm³/mol. The maximum atomic E-state index is 5.20. The van der Waals surface area contributed by atoms with E-state index >= 15 is 0 Å². The van der Waals surface area contributed by atoms with Crippen LogP contribution in [0, 0.1) is 0 Å². The fourth-order valence-corrected chi connectivity index (χ4v) is 0.962. The lowest BCUT2D eigenvalue weighted by Gasteiger charge is -2.08. The van der Waals surface area contributed by atoms with Gasteiger partial charge in [0.25, 0.3) is 0 Å². The molecule has 0 unspecified atom stereocenters. The average molecular weight is 151 g/mol. The van der Waals surface area contributed by atoms with Crippen molar-refractivity contribution in [2.45, 2.75) is 12.8 Å². The zero-order valence-corrected chi connectivity index (χ0v) is 6.62. The summed E-state index contributed by atoms with van der Waals surface area (Å²) in [6.07, 6.45) is 3.63. The molecule has 0 radical (unpaired) electrons. The first kappa shape index (κ1) is 8.17. The Balaban J connectivity index is 2.61. The molecule has 1 atom stereocenters. The Morgan fingerprint density at radius 3 is 3.09 bits per heavy atom. The molecule has 0 fully saturated rings. The maximum absolute atomic E-state index is 5.20. The molecule has 1 heterocycles. The van der Waals surface area contributed by atoms with Gasteiger partial charge in [-0.25, -0.2) is 0 Å². The molecule has 0 spiro atoms. The van der Waals surface area contributed by atoms with Crippen molar-refractivity contribution in [3.63, 3.8) is 0 Å². The van der Waals surface area contributed by atoms with Crippen molar-refractivity contribution >= 4 is 0 Å². The molecule has 0 bridgehead atoms. The third kappa shape index (κ3) is 2.29. The van der Waals surface area contributed by atoms with Crippen molar-refractivity contribution in [2.75, 3.05) is 6.54 Å². The van der Waals surface area contributed by atoms with E-state index in [2.05, 4.69) is 23.4 Å². The molecule has 0 aliphatic carbocycles. The highest BCUT2D eigenvalue weighted by Crippen LogP contribution is 2.10. The molecule has 0 aromatic carbocycles. The normalized spacial score (nSPS) is 12.9. The summed E-state index contributed by atoms with van der Waals surface area (Å²) < 4.78 is 0. The first-order valence-corrected chi connectivity index (χ1v) is 3.68. The van der Waals surface area contributed by atoms with Gasteiger partial charge in [0.2, 0.25) is 0 Å². The first-order valence-electron chi connectivity index (χ1n) is 3.68. The molecule has 0 saturated heterocycles. The smallest absolute Gasteiger partial charge is 0.0303 e. The van der Waals surface area contributed by atoms with Crippen LogP contribution in [0.5, 0.6) is 0 Å². The highest BCUT2D eigenvalue weighted by Gasteiger charge is 2.02. The molecule has 3 N–H and O–H groups in total. The Labute approximate surface area is 66.6 Å². The zero-order chi connectivity index (χ0) is 8.10. The number of nitrogens with zero attached hydrogens (tertiary/aromatic N) is 1. The van der Waals surface area contributed by atoms with Crippen LogP contribution in [0.4, 0.5) is 0 Å². The van der Waals surface area contributed by atoms with Crippen LogP contribution in [0.15, 0.2) is 24.5 Å². The van der Waals surface area contributed by atoms with Crippen molar-refractivity contribution in [3.05, 3.63) is 30.1 Å². The second-order valence-corrected chi connectivity index (χ2v) is 2.60. The average Bonchev–Trinajstić information content (AvgIpc) is 2.07. The standard InChI is InChI=1S/C8H13N3/c1-7(5-11-9)8-3-2-4-10-6-8/h2-4,6-7,11H,5,9H2,1H3/t7-/m0/s1. The quantitative estimate of drug-likeness (QED) is 0.492. The van der Waals surface area contributed by atoms with Crippen molar-refractivity contribution < 1.29 is 0 Å². The monoisotopic (exact) mass is 151 g/mol. The number of hydrogen-bond donors (Lipinski definition) is 2. The molecular weight excluding hydrogens is 138 g/mol. The van der Waals surface area contributed by atoms with Gasteiger partial charge in [0.1, 0.15) is 0 Å². The summed E-state index contributed by atoms with van der Waals surface area (Å²) in [5, 5.41) is 0. The van der Waals surface area contributed by atoms with Gasteiger partial charge in [-0.15, -0.1) is 0 Å². The van der Waals surface area contributed by atoms with Crippen LogP contribution in [0.25, 0.3) is 0 Å². The van der Waals surface area contributed by atoms with Gasteiger partial charge < -0.3 is 0 Å². The topological polar surface area (TPSA) is 50.9 Å². The van der Waals surface area contributed by atoms with E-state index in [-0.39, 0.29) is 0 Å². The minimum atomic E-state index is 0.425. The van der Waals surface area contributed by atoms with Gasteiger partial charge in [0.05, 0.1) is 0 Å². The molecule has 11 heavy (non-hydrogen) atoms. The second kappa shape index (κ2) is 4.05. The van der Waals surface area contributed by atoms with Crippen molar-refractivity contribution in [1.82, 2.24) is 10.4 Å². The number of pyridine rings is 1. The highest BCUT2D eigenvalue weighted by molar-refractivity contribution is 5.13. The van der Waals surface area contributed by atoms with Gasteiger partial charge in [0, 0.05) is 18.9 Å². The molecule has 0 aliphatic heterocycles. The van der Waals surface area contributed by atoms with E-state index in [0.717, 1.165) is 6.54 Å². The van der Waals surface area contributed by atoms with Gasteiger partial charge in [-0.1, -0.05) is 13.0 Å². The summed E-state index contributed by atoms with van der Waals surface area (Å²) in [6.45, 7) is 2.89. The van der Waals surface area contributed by atoms with Gasteiger partial charge in [-0.2, -0.15) is 0 Å². The molecule has 1 aromatic rings. The van der Waals surface area contributed by atoms with E-state index in [1.54, 1.807) is 6.20 Å². The molecule has 1 aromatic heterocycles.